The van der Waals surface area contributed by atoms with Gasteiger partial charge in [0.2, 0.25) is 18.0 Å². The molecule has 1 aromatic rings. The first-order valence-corrected chi connectivity index (χ1v) is 8.46. The first kappa shape index (κ1) is 22.3. The van der Waals surface area contributed by atoms with Crippen molar-refractivity contribution < 1.29 is 37.0 Å². The zero-order valence-corrected chi connectivity index (χ0v) is 16.0. The van der Waals surface area contributed by atoms with Gasteiger partial charge in [0.25, 0.3) is 5.91 Å². The summed E-state index contributed by atoms with van der Waals surface area (Å²) >= 11 is 0. The SMILES string of the molecule is C[C@@H](N1CNn2ccc(=O)c(OCOC(=O)OCCN(C)C)c2C1=O)C(F)(F)F. The fourth-order valence-electron chi connectivity index (χ4n) is 2.33. The van der Waals surface area contributed by atoms with Crippen LogP contribution in [0, 0.1) is 0 Å². The summed E-state index contributed by atoms with van der Waals surface area (Å²) in [5.74, 6) is -1.61. The average molecular weight is 422 g/mol. The van der Waals surface area contributed by atoms with Gasteiger partial charge in [0, 0.05) is 18.8 Å². The Morgan fingerprint density at radius 2 is 2.00 bits per heavy atom. The van der Waals surface area contributed by atoms with Gasteiger partial charge in [-0.15, -0.1) is 0 Å². The van der Waals surface area contributed by atoms with Gasteiger partial charge >= 0.3 is 12.3 Å². The molecule has 0 radical (unpaired) electrons. The molecule has 2 rings (SSSR count). The van der Waals surface area contributed by atoms with Gasteiger partial charge in [-0.3, -0.25) is 14.3 Å². The standard InChI is InChI=1S/C16H21F3N4O6/c1-10(16(17,18)19)22-8-20-23-5-4-11(24)13(12(23)14(22)25)28-9-29-15(26)27-7-6-21(2)3/h4-5,10,20H,6-9H2,1-3H3/t10-/m1/s1. The molecule has 0 spiro atoms. The number of likely N-dealkylation sites (N-methyl/N-ethyl adjacent to an activating group) is 1. The Balaban J connectivity index is 2.10. The van der Waals surface area contributed by atoms with Crippen molar-refractivity contribution in [2.24, 2.45) is 0 Å². The van der Waals surface area contributed by atoms with Gasteiger partial charge in [-0.25, -0.2) is 4.79 Å². The summed E-state index contributed by atoms with van der Waals surface area (Å²) < 4.78 is 54.6. The Bertz CT molecular complexity index is 811. The number of carbonyl (C=O) groups excluding carboxylic acids is 2. The largest absolute Gasteiger partial charge is 0.511 e. The fraction of sp³-hybridized carbons (Fsp3) is 0.562. The number of nitrogens with one attached hydrogen (secondary N) is 1. The molecule has 29 heavy (non-hydrogen) atoms. The summed E-state index contributed by atoms with van der Waals surface area (Å²) in [5.41, 5.74) is 1.36. The van der Waals surface area contributed by atoms with Gasteiger partial charge in [0.1, 0.15) is 19.3 Å². The highest BCUT2D eigenvalue weighted by Crippen LogP contribution is 2.28. The Labute approximate surface area is 163 Å². The third-order valence-electron chi connectivity index (χ3n) is 4.01. The molecule has 1 N–H and O–H groups in total. The lowest BCUT2D eigenvalue weighted by Crippen LogP contribution is -2.54. The van der Waals surface area contributed by atoms with Crippen LogP contribution in [-0.4, -0.2) is 79.5 Å². The van der Waals surface area contributed by atoms with Gasteiger partial charge in [-0.1, -0.05) is 0 Å². The first-order chi connectivity index (χ1) is 13.5. The number of amides is 1. The number of pyridine rings is 1. The molecule has 162 valence electrons. The lowest BCUT2D eigenvalue weighted by molar-refractivity contribution is -0.172. The minimum absolute atomic E-state index is 0.0575. The third-order valence-corrected chi connectivity index (χ3v) is 4.01. The molecule has 1 amide bonds. The number of rotatable bonds is 7. The smallest absolute Gasteiger partial charge is 0.451 e. The van der Waals surface area contributed by atoms with E-state index in [0.717, 1.165) is 17.7 Å². The molecule has 0 saturated heterocycles. The molecule has 13 heteroatoms. The monoisotopic (exact) mass is 422 g/mol. The summed E-state index contributed by atoms with van der Waals surface area (Å²) in [5, 5.41) is 0. The number of hydrogen-bond donors (Lipinski definition) is 1. The number of aromatic nitrogens is 1. The van der Waals surface area contributed by atoms with E-state index in [0.29, 0.717) is 11.4 Å². The molecular formula is C16H21F3N4O6. The molecule has 0 bridgehead atoms. The highest BCUT2D eigenvalue weighted by atomic mass is 19.4. The van der Waals surface area contributed by atoms with Crippen molar-refractivity contribution in [2.45, 2.75) is 19.1 Å². The fourth-order valence-corrected chi connectivity index (χ4v) is 2.33. The normalized spacial score (nSPS) is 14.9. The molecule has 10 nitrogen and oxygen atoms in total. The molecule has 0 fully saturated rings. The van der Waals surface area contributed by atoms with Crippen LogP contribution in [0.3, 0.4) is 0 Å². The summed E-state index contributed by atoms with van der Waals surface area (Å²) in [6.07, 6.45) is -4.53. The molecule has 0 saturated carbocycles. The second-order valence-electron chi connectivity index (χ2n) is 6.34. The molecule has 0 unspecified atom stereocenters. The number of ether oxygens (including phenoxy) is 3. The van der Waals surface area contributed by atoms with Crippen LogP contribution in [0.15, 0.2) is 17.1 Å². The molecule has 1 aliphatic heterocycles. The third kappa shape index (κ3) is 5.53. The van der Waals surface area contributed by atoms with Crippen molar-refractivity contribution in [2.75, 3.05) is 46.1 Å². The minimum Gasteiger partial charge on any atom is -0.451 e. The Morgan fingerprint density at radius 1 is 1.31 bits per heavy atom. The zero-order valence-electron chi connectivity index (χ0n) is 16.0. The summed E-state index contributed by atoms with van der Waals surface area (Å²) in [6, 6.07) is -1.04. The van der Waals surface area contributed by atoms with E-state index in [1.807, 2.05) is 0 Å². The molecule has 2 heterocycles. The van der Waals surface area contributed by atoms with E-state index in [1.165, 1.54) is 6.20 Å². The van der Waals surface area contributed by atoms with Gasteiger partial charge < -0.3 is 29.4 Å². The maximum Gasteiger partial charge on any atom is 0.511 e. The average Bonchev–Trinajstić information content (AvgIpc) is 2.62. The molecule has 1 aromatic heterocycles. The van der Waals surface area contributed by atoms with Crippen molar-refractivity contribution in [3.63, 3.8) is 0 Å². The second kappa shape index (κ2) is 9.03. The van der Waals surface area contributed by atoms with Gasteiger partial charge in [-0.05, 0) is 21.0 Å². The Kier molecular flexibility index (Phi) is 6.95. The van der Waals surface area contributed by atoms with Crippen molar-refractivity contribution in [3.8, 4) is 5.75 Å². The number of nitrogens with zero attached hydrogens (tertiary/aromatic N) is 3. The minimum atomic E-state index is -4.66. The first-order valence-electron chi connectivity index (χ1n) is 8.46. The molecule has 1 atom stereocenters. The summed E-state index contributed by atoms with van der Waals surface area (Å²) in [4.78, 5) is 38.4. The van der Waals surface area contributed by atoms with E-state index in [9.17, 15) is 27.6 Å². The molecular weight excluding hydrogens is 401 g/mol. The summed E-state index contributed by atoms with van der Waals surface area (Å²) in [6.45, 7) is 0.140. The van der Waals surface area contributed by atoms with Crippen LogP contribution in [0.25, 0.3) is 0 Å². The van der Waals surface area contributed by atoms with Gasteiger partial charge in [0.15, 0.2) is 5.69 Å². The maximum absolute atomic E-state index is 13.0. The Morgan fingerprint density at radius 3 is 2.62 bits per heavy atom. The highest BCUT2D eigenvalue weighted by Gasteiger charge is 2.44. The van der Waals surface area contributed by atoms with E-state index >= 15 is 0 Å². The second-order valence-corrected chi connectivity index (χ2v) is 6.34. The number of carbonyl (C=O) groups is 2. The lowest BCUT2D eigenvalue weighted by atomic mass is 10.2. The van der Waals surface area contributed by atoms with E-state index < -0.39 is 54.6 Å². The van der Waals surface area contributed by atoms with E-state index in [1.54, 1.807) is 19.0 Å². The van der Waals surface area contributed by atoms with E-state index in [-0.39, 0.29) is 6.61 Å². The number of alkyl halides is 3. The van der Waals surface area contributed by atoms with Crippen LogP contribution in [0.4, 0.5) is 18.0 Å². The van der Waals surface area contributed by atoms with Gasteiger partial charge in [0.05, 0.1) is 0 Å². The molecule has 1 aliphatic rings. The van der Waals surface area contributed by atoms with Crippen molar-refractivity contribution in [1.82, 2.24) is 14.5 Å². The zero-order chi connectivity index (χ0) is 21.8. The molecule has 0 aliphatic carbocycles. The number of halogens is 3. The number of hydrogen-bond acceptors (Lipinski definition) is 8. The van der Waals surface area contributed by atoms with Crippen molar-refractivity contribution in [1.29, 1.82) is 0 Å². The predicted octanol–water partition coefficient (Wildman–Crippen LogP) is 0.807. The lowest BCUT2D eigenvalue weighted by Gasteiger charge is -2.36. The topological polar surface area (TPSA) is 102 Å². The van der Waals surface area contributed by atoms with E-state index in [4.69, 9.17) is 9.47 Å². The number of fused-ring (bicyclic) bond motifs is 1. The van der Waals surface area contributed by atoms with E-state index in [2.05, 4.69) is 10.2 Å². The quantitative estimate of drug-likeness (QED) is 0.509. The summed E-state index contributed by atoms with van der Waals surface area (Å²) in [7, 11) is 3.55. The van der Waals surface area contributed by atoms with Crippen molar-refractivity contribution in [3.05, 3.63) is 28.2 Å². The van der Waals surface area contributed by atoms with Crippen LogP contribution < -0.4 is 15.6 Å². The highest BCUT2D eigenvalue weighted by molar-refractivity contribution is 5.96. The Hall–Kier alpha value is -2.96. The van der Waals surface area contributed by atoms with Gasteiger partial charge in [-0.2, -0.15) is 13.2 Å². The van der Waals surface area contributed by atoms with Crippen LogP contribution in [0.1, 0.15) is 17.4 Å². The van der Waals surface area contributed by atoms with Crippen molar-refractivity contribution >= 4 is 12.1 Å². The van der Waals surface area contributed by atoms with Crippen LogP contribution in [0.5, 0.6) is 5.75 Å². The van der Waals surface area contributed by atoms with Crippen LogP contribution in [0.2, 0.25) is 0 Å². The predicted molar refractivity (Wildman–Crippen MR) is 93.1 cm³/mol. The van der Waals surface area contributed by atoms with Crippen LogP contribution >= 0.6 is 0 Å². The maximum atomic E-state index is 13.0. The molecule has 0 aromatic carbocycles. The van der Waals surface area contributed by atoms with Crippen LogP contribution in [-0.2, 0) is 9.47 Å².